The Morgan fingerprint density at radius 1 is 1.05 bits per heavy atom. The van der Waals surface area contributed by atoms with Crippen LogP contribution in [0.1, 0.15) is 0 Å². The van der Waals surface area contributed by atoms with Gasteiger partial charge in [0.1, 0.15) is 5.82 Å². The lowest BCUT2D eigenvalue weighted by Crippen LogP contribution is -2.13. The molecule has 0 atom stereocenters. The van der Waals surface area contributed by atoms with Crippen LogP contribution in [0.4, 0.5) is 27.5 Å². The molecule has 3 rings (SSSR count). The summed E-state index contributed by atoms with van der Waals surface area (Å²) in [4.78, 5) is 6.29. The Morgan fingerprint density at radius 3 is 2.64 bits per heavy atom. The van der Waals surface area contributed by atoms with Crippen molar-refractivity contribution < 1.29 is 4.39 Å². The number of rotatable bonds is 4. The predicted octanol–water partition coefficient (Wildman–Crippen LogP) is 3.52. The van der Waals surface area contributed by atoms with Crippen LogP contribution in [0.2, 0.25) is 0 Å². The van der Waals surface area contributed by atoms with Gasteiger partial charge in [0, 0.05) is 18.4 Å². The van der Waals surface area contributed by atoms with Crippen molar-refractivity contribution in [3.05, 3.63) is 66.6 Å². The van der Waals surface area contributed by atoms with Crippen molar-refractivity contribution >= 4 is 23.1 Å². The molecule has 0 unspecified atom stereocenters. The fourth-order valence-corrected chi connectivity index (χ4v) is 1.99. The molecule has 0 saturated heterocycles. The number of para-hydroxylation sites is 1. The largest absolute Gasteiger partial charge is 0.328 e. The molecule has 1 N–H and O–H groups in total. The zero-order valence-electron chi connectivity index (χ0n) is 11.9. The SMILES string of the molecule is CN(c1ccccc1)c1cnnc(Nc2cccc(F)c2)n1. The molecule has 110 valence electrons. The molecule has 0 radical (unpaired) electrons. The van der Waals surface area contributed by atoms with E-state index in [9.17, 15) is 4.39 Å². The van der Waals surface area contributed by atoms with Crippen LogP contribution in [-0.2, 0) is 0 Å². The maximum Gasteiger partial charge on any atom is 0.249 e. The van der Waals surface area contributed by atoms with E-state index in [1.54, 1.807) is 18.3 Å². The summed E-state index contributed by atoms with van der Waals surface area (Å²) >= 11 is 0. The quantitative estimate of drug-likeness (QED) is 0.798. The normalized spacial score (nSPS) is 10.3. The predicted molar refractivity (Wildman–Crippen MR) is 84.0 cm³/mol. The number of benzene rings is 2. The molecule has 0 aliphatic heterocycles. The number of nitrogens with one attached hydrogen (secondary N) is 1. The number of aromatic nitrogens is 3. The van der Waals surface area contributed by atoms with Gasteiger partial charge in [-0.15, -0.1) is 5.10 Å². The molecule has 22 heavy (non-hydrogen) atoms. The summed E-state index contributed by atoms with van der Waals surface area (Å²) in [6, 6.07) is 15.9. The minimum absolute atomic E-state index is 0.311. The first-order valence-corrected chi connectivity index (χ1v) is 6.73. The molecular weight excluding hydrogens is 281 g/mol. The molecule has 5 nitrogen and oxygen atoms in total. The zero-order chi connectivity index (χ0) is 15.4. The van der Waals surface area contributed by atoms with Gasteiger partial charge >= 0.3 is 0 Å². The highest BCUT2D eigenvalue weighted by Gasteiger charge is 2.08. The second kappa shape index (κ2) is 6.17. The molecule has 6 heteroatoms. The van der Waals surface area contributed by atoms with E-state index in [2.05, 4.69) is 20.5 Å². The van der Waals surface area contributed by atoms with Gasteiger partial charge in [0.2, 0.25) is 5.95 Å². The Hall–Kier alpha value is -3.02. The third-order valence-corrected chi connectivity index (χ3v) is 3.11. The van der Waals surface area contributed by atoms with Gasteiger partial charge in [-0.05, 0) is 30.3 Å². The summed E-state index contributed by atoms with van der Waals surface area (Å²) in [6.07, 6.45) is 1.57. The fraction of sp³-hybridized carbons (Fsp3) is 0.0625. The van der Waals surface area contributed by atoms with E-state index in [4.69, 9.17) is 0 Å². The molecule has 0 aliphatic carbocycles. The third-order valence-electron chi connectivity index (χ3n) is 3.11. The van der Waals surface area contributed by atoms with Crippen LogP contribution in [0.25, 0.3) is 0 Å². The van der Waals surface area contributed by atoms with Crippen molar-refractivity contribution in [2.75, 3.05) is 17.3 Å². The highest BCUT2D eigenvalue weighted by atomic mass is 19.1. The number of hydrogen-bond donors (Lipinski definition) is 1. The zero-order valence-corrected chi connectivity index (χ0v) is 11.9. The Bertz CT molecular complexity index is 763. The van der Waals surface area contributed by atoms with Crippen LogP contribution in [0.15, 0.2) is 60.8 Å². The van der Waals surface area contributed by atoms with Crippen molar-refractivity contribution in [1.29, 1.82) is 0 Å². The Labute approximate surface area is 127 Å². The highest BCUT2D eigenvalue weighted by Crippen LogP contribution is 2.21. The van der Waals surface area contributed by atoms with Crippen LogP contribution in [0, 0.1) is 5.82 Å². The van der Waals surface area contributed by atoms with Crippen molar-refractivity contribution in [2.24, 2.45) is 0 Å². The van der Waals surface area contributed by atoms with Gasteiger partial charge in [-0.2, -0.15) is 10.1 Å². The minimum atomic E-state index is -0.324. The summed E-state index contributed by atoms with van der Waals surface area (Å²) in [6.45, 7) is 0. The maximum atomic E-state index is 13.2. The number of hydrogen-bond acceptors (Lipinski definition) is 5. The average Bonchev–Trinajstić information content (AvgIpc) is 2.55. The van der Waals surface area contributed by atoms with Crippen LogP contribution in [-0.4, -0.2) is 22.2 Å². The number of halogens is 1. The highest BCUT2D eigenvalue weighted by molar-refractivity contribution is 5.60. The van der Waals surface area contributed by atoms with E-state index in [0.29, 0.717) is 17.5 Å². The summed E-state index contributed by atoms with van der Waals surface area (Å²) in [5.41, 5.74) is 1.56. The fourth-order valence-electron chi connectivity index (χ4n) is 1.99. The van der Waals surface area contributed by atoms with E-state index in [-0.39, 0.29) is 5.82 Å². The van der Waals surface area contributed by atoms with Crippen LogP contribution < -0.4 is 10.2 Å². The molecule has 2 aromatic carbocycles. The molecule has 0 aliphatic rings. The lowest BCUT2D eigenvalue weighted by molar-refractivity contribution is 0.628. The van der Waals surface area contributed by atoms with Crippen LogP contribution in [0.3, 0.4) is 0 Å². The van der Waals surface area contributed by atoms with Crippen molar-refractivity contribution in [3.8, 4) is 0 Å². The summed E-state index contributed by atoms with van der Waals surface area (Å²) < 4.78 is 13.2. The number of anilines is 4. The van der Waals surface area contributed by atoms with Crippen LogP contribution in [0.5, 0.6) is 0 Å². The van der Waals surface area contributed by atoms with Crippen molar-refractivity contribution in [2.45, 2.75) is 0 Å². The molecule has 0 amide bonds. The van der Waals surface area contributed by atoms with E-state index >= 15 is 0 Å². The first-order chi connectivity index (χ1) is 10.7. The third kappa shape index (κ3) is 3.17. The molecule has 0 fully saturated rings. The monoisotopic (exact) mass is 295 g/mol. The molecule has 3 aromatic rings. The molecule has 0 spiro atoms. The molecule has 1 aromatic heterocycles. The van der Waals surface area contributed by atoms with E-state index < -0.39 is 0 Å². The molecule has 0 saturated carbocycles. The first kappa shape index (κ1) is 13.9. The van der Waals surface area contributed by atoms with E-state index in [0.717, 1.165) is 5.69 Å². The van der Waals surface area contributed by atoms with Gasteiger partial charge in [0.05, 0.1) is 6.20 Å². The minimum Gasteiger partial charge on any atom is -0.328 e. The summed E-state index contributed by atoms with van der Waals surface area (Å²) in [5, 5.41) is 10.8. The second-order valence-electron chi connectivity index (χ2n) is 4.67. The van der Waals surface area contributed by atoms with Gasteiger partial charge in [0.25, 0.3) is 0 Å². The lowest BCUT2D eigenvalue weighted by atomic mass is 10.3. The van der Waals surface area contributed by atoms with Gasteiger partial charge in [-0.25, -0.2) is 4.39 Å². The van der Waals surface area contributed by atoms with Crippen LogP contribution >= 0.6 is 0 Å². The van der Waals surface area contributed by atoms with E-state index in [1.165, 1.54) is 12.1 Å². The van der Waals surface area contributed by atoms with Crippen molar-refractivity contribution in [3.63, 3.8) is 0 Å². The lowest BCUT2D eigenvalue weighted by Gasteiger charge is -2.18. The topological polar surface area (TPSA) is 53.9 Å². The Kier molecular flexibility index (Phi) is 3.91. The Morgan fingerprint density at radius 2 is 1.86 bits per heavy atom. The molecule has 0 bridgehead atoms. The summed E-state index contributed by atoms with van der Waals surface area (Å²) in [5.74, 6) is 0.626. The number of nitrogens with zero attached hydrogens (tertiary/aromatic N) is 4. The second-order valence-corrected chi connectivity index (χ2v) is 4.67. The average molecular weight is 295 g/mol. The Balaban J connectivity index is 1.83. The standard InChI is InChI=1S/C16H14FN5/c1-22(14-8-3-2-4-9-14)15-11-18-21-16(20-15)19-13-7-5-6-12(17)10-13/h2-11H,1H3,(H,19,20,21). The van der Waals surface area contributed by atoms with Gasteiger partial charge in [-0.1, -0.05) is 24.3 Å². The van der Waals surface area contributed by atoms with Gasteiger partial charge in [0.15, 0.2) is 5.82 Å². The molecular formula is C16H14FN5. The molecule has 1 heterocycles. The smallest absolute Gasteiger partial charge is 0.249 e. The van der Waals surface area contributed by atoms with E-state index in [1.807, 2.05) is 42.3 Å². The van der Waals surface area contributed by atoms with Gasteiger partial charge in [-0.3, -0.25) is 0 Å². The first-order valence-electron chi connectivity index (χ1n) is 6.73. The maximum absolute atomic E-state index is 13.2. The summed E-state index contributed by atoms with van der Waals surface area (Å²) in [7, 11) is 1.89. The van der Waals surface area contributed by atoms with Crippen molar-refractivity contribution in [1.82, 2.24) is 15.2 Å². The van der Waals surface area contributed by atoms with Gasteiger partial charge < -0.3 is 10.2 Å².